The third-order valence-corrected chi connectivity index (χ3v) is 5.52. The third kappa shape index (κ3) is 2.13. The van der Waals surface area contributed by atoms with Crippen molar-refractivity contribution in [1.29, 1.82) is 0 Å². The highest BCUT2D eigenvalue weighted by Crippen LogP contribution is 2.31. The first-order chi connectivity index (χ1) is 3.25. The van der Waals surface area contributed by atoms with Gasteiger partial charge in [-0.25, -0.2) is 0 Å². The molecule has 4 heteroatoms. The van der Waals surface area contributed by atoms with Crippen molar-refractivity contribution in [1.82, 2.24) is 0 Å². The predicted octanol–water partition coefficient (Wildman–Crippen LogP) is 2.59. The summed E-state index contributed by atoms with van der Waals surface area (Å²) in [4.78, 5) is 0. The molecule has 0 aliphatic rings. The molecular formula is C4H8BrF2Si+. The average molecular weight is 202 g/mol. The largest absolute Gasteiger partial charge is 0.348 e. The molecule has 0 aromatic carbocycles. The molecule has 0 amide bonds. The molecule has 0 aromatic rings. The normalized spacial score (nSPS) is 14.1. The molecule has 0 heterocycles. The second-order valence-corrected chi connectivity index (χ2v) is 8.51. The summed E-state index contributed by atoms with van der Waals surface area (Å²) in [5.41, 5.74) is 0. The highest BCUT2D eigenvalue weighted by molar-refractivity contribution is 9.10. The summed E-state index contributed by atoms with van der Waals surface area (Å²) in [6.45, 7) is 6.39. The molecule has 0 radical (unpaired) electrons. The lowest BCUT2D eigenvalue weighted by Crippen LogP contribution is -2.40. The van der Waals surface area contributed by atoms with Crippen molar-refractivity contribution >= 4 is 24.0 Å². The van der Waals surface area contributed by atoms with Gasteiger partial charge in [-0.05, 0) is 29.0 Å². The van der Waals surface area contributed by atoms with Crippen LogP contribution in [0.15, 0.2) is 0 Å². The fraction of sp³-hybridized carbons (Fsp3) is 0.750. The summed E-state index contributed by atoms with van der Waals surface area (Å²) in [5.74, 6) is 0. The van der Waals surface area contributed by atoms with Gasteiger partial charge >= 0.3 is 12.5 Å². The van der Waals surface area contributed by atoms with Gasteiger partial charge in [0.05, 0.1) is 0 Å². The van der Waals surface area contributed by atoms with E-state index in [1.54, 1.807) is 0 Å². The molecule has 48 valence electrons. The van der Waals surface area contributed by atoms with E-state index in [4.69, 9.17) is 0 Å². The first-order valence-electron chi connectivity index (χ1n) is 2.17. The number of hydrogen-bond donors (Lipinski definition) is 0. The van der Waals surface area contributed by atoms with Crippen LogP contribution in [0.5, 0.6) is 0 Å². The van der Waals surface area contributed by atoms with Gasteiger partial charge < -0.3 is 0 Å². The van der Waals surface area contributed by atoms with Crippen molar-refractivity contribution in [2.75, 3.05) is 0 Å². The van der Waals surface area contributed by atoms with Crippen LogP contribution in [0.4, 0.5) is 8.78 Å². The van der Waals surface area contributed by atoms with E-state index in [-0.39, 0.29) is 0 Å². The minimum atomic E-state index is -2.72. The number of halogens is 3. The Morgan fingerprint density at radius 1 is 1.50 bits per heavy atom. The maximum Gasteiger partial charge on any atom is 0.348 e. The van der Waals surface area contributed by atoms with E-state index in [0.29, 0.717) is 0 Å². The SMILES string of the molecule is [CH2+][Si](C)(C)C(F)(F)Br. The summed E-state index contributed by atoms with van der Waals surface area (Å²) in [6, 6.07) is 0. The molecule has 0 N–H and O–H groups in total. The molecule has 0 fully saturated rings. The summed E-state index contributed by atoms with van der Waals surface area (Å²) in [7, 11) is -2.53. The quantitative estimate of drug-likeness (QED) is 0.348. The van der Waals surface area contributed by atoms with Crippen molar-refractivity contribution in [2.45, 2.75) is 17.5 Å². The van der Waals surface area contributed by atoms with Crippen molar-refractivity contribution < 1.29 is 8.78 Å². The highest BCUT2D eigenvalue weighted by Gasteiger charge is 2.51. The van der Waals surface area contributed by atoms with Gasteiger partial charge in [0.2, 0.25) is 0 Å². The fourth-order valence-corrected chi connectivity index (χ4v) is 0. The fourth-order valence-electron chi connectivity index (χ4n) is 0. The standard InChI is InChI=1S/C4H8BrF2Si/c1-8(2,3)4(5,6)7/h1H2,2-3H3/q+1. The summed E-state index contributed by atoms with van der Waals surface area (Å²) >= 11 is 2.26. The Morgan fingerprint density at radius 3 is 1.62 bits per heavy atom. The maximum atomic E-state index is 12.1. The molecule has 0 spiro atoms. The van der Waals surface area contributed by atoms with E-state index in [1.165, 1.54) is 13.1 Å². The zero-order valence-electron chi connectivity index (χ0n) is 4.84. The van der Waals surface area contributed by atoms with Crippen molar-refractivity contribution in [3.05, 3.63) is 6.55 Å². The van der Waals surface area contributed by atoms with Crippen LogP contribution in [0.25, 0.3) is 0 Å². The van der Waals surface area contributed by atoms with E-state index in [9.17, 15) is 8.78 Å². The Bertz CT molecular complexity index is 69.0. The van der Waals surface area contributed by atoms with Gasteiger partial charge in [0.15, 0.2) is 0 Å². The van der Waals surface area contributed by atoms with Crippen molar-refractivity contribution in [3.8, 4) is 0 Å². The van der Waals surface area contributed by atoms with Gasteiger partial charge in [-0.3, -0.25) is 0 Å². The molecule has 0 atom stereocenters. The third-order valence-electron chi connectivity index (χ3n) is 0.767. The van der Waals surface area contributed by atoms with E-state index in [1.807, 2.05) is 0 Å². The van der Waals surface area contributed by atoms with Crippen LogP contribution in [0.2, 0.25) is 13.1 Å². The molecule has 0 saturated heterocycles. The van der Waals surface area contributed by atoms with E-state index in [2.05, 4.69) is 22.5 Å². The Balaban J connectivity index is 4.02. The molecule has 0 nitrogen and oxygen atoms in total. The topological polar surface area (TPSA) is 0 Å². The molecule has 0 aliphatic heterocycles. The number of rotatable bonds is 1. The second kappa shape index (κ2) is 1.99. The first kappa shape index (κ1) is 8.43. The summed E-state index contributed by atoms with van der Waals surface area (Å²) in [6.07, 6.45) is 0. The molecule has 0 aliphatic carbocycles. The zero-order valence-corrected chi connectivity index (χ0v) is 7.43. The molecule has 0 rings (SSSR count). The van der Waals surface area contributed by atoms with Gasteiger partial charge in [0.1, 0.15) is 0 Å². The Hall–Kier alpha value is 0.427. The lowest BCUT2D eigenvalue weighted by Gasteiger charge is -2.12. The van der Waals surface area contributed by atoms with Gasteiger partial charge in [-0.1, -0.05) is 0 Å². The van der Waals surface area contributed by atoms with Crippen LogP contribution < -0.4 is 0 Å². The van der Waals surface area contributed by atoms with Gasteiger partial charge in [0.25, 0.3) is 0 Å². The van der Waals surface area contributed by atoms with Crippen LogP contribution in [-0.2, 0) is 0 Å². The lowest BCUT2D eigenvalue weighted by molar-refractivity contribution is 0.197. The Morgan fingerprint density at radius 2 is 1.62 bits per heavy atom. The Labute approximate surface area is 57.4 Å². The molecule has 0 unspecified atom stereocenters. The monoisotopic (exact) mass is 201 g/mol. The highest BCUT2D eigenvalue weighted by atomic mass is 79.9. The minimum Gasteiger partial charge on any atom is -0.193 e. The summed E-state index contributed by atoms with van der Waals surface area (Å²) < 4.78 is 21.6. The summed E-state index contributed by atoms with van der Waals surface area (Å²) in [5, 5.41) is 0. The molecular weight excluding hydrogens is 194 g/mol. The van der Waals surface area contributed by atoms with Crippen LogP contribution in [0.1, 0.15) is 0 Å². The molecule has 0 saturated carbocycles. The van der Waals surface area contributed by atoms with Crippen molar-refractivity contribution in [3.63, 3.8) is 0 Å². The number of alkyl halides is 3. The van der Waals surface area contributed by atoms with Crippen LogP contribution >= 0.6 is 15.9 Å². The zero-order chi connectivity index (χ0) is 7.00. The van der Waals surface area contributed by atoms with Gasteiger partial charge in [0, 0.05) is 6.55 Å². The molecule has 0 aromatic heterocycles. The average Bonchev–Trinajstić information content (AvgIpc) is 1.25. The van der Waals surface area contributed by atoms with E-state index in [0.717, 1.165) is 0 Å². The van der Waals surface area contributed by atoms with Gasteiger partial charge in [-0.2, -0.15) is 8.78 Å². The smallest absolute Gasteiger partial charge is 0.193 e. The van der Waals surface area contributed by atoms with E-state index < -0.39 is 12.5 Å². The maximum absolute atomic E-state index is 12.1. The van der Waals surface area contributed by atoms with E-state index >= 15 is 0 Å². The van der Waals surface area contributed by atoms with Crippen LogP contribution in [-0.4, -0.2) is 12.5 Å². The minimum absolute atomic E-state index is 1.50. The second-order valence-electron chi connectivity index (χ2n) is 2.38. The molecule has 8 heavy (non-hydrogen) atoms. The Kier molecular flexibility index (Phi) is 2.09. The lowest BCUT2D eigenvalue weighted by atomic mass is 11.6. The van der Waals surface area contributed by atoms with Gasteiger partial charge in [-0.15, -0.1) is 0 Å². The van der Waals surface area contributed by atoms with Crippen LogP contribution in [0.3, 0.4) is 0 Å². The first-order valence-corrected chi connectivity index (χ1v) is 6.17. The molecule has 0 bridgehead atoms. The number of hydrogen-bond acceptors (Lipinski definition) is 0. The predicted molar refractivity (Wildman–Crippen MR) is 36.7 cm³/mol. The van der Waals surface area contributed by atoms with Crippen LogP contribution in [0, 0.1) is 6.55 Å². The van der Waals surface area contributed by atoms with Crippen molar-refractivity contribution in [2.24, 2.45) is 0 Å².